The van der Waals surface area contributed by atoms with Crippen molar-refractivity contribution in [1.29, 1.82) is 0 Å². The Hall–Kier alpha value is -4.26. The van der Waals surface area contributed by atoms with Gasteiger partial charge in [0.25, 0.3) is 0 Å². The van der Waals surface area contributed by atoms with Crippen LogP contribution in [0.5, 0.6) is 23.0 Å². The summed E-state index contributed by atoms with van der Waals surface area (Å²) in [6.07, 6.45) is 0. The smallest absolute Gasteiger partial charge is 0.166 e. The van der Waals surface area contributed by atoms with E-state index in [1.54, 1.807) is 26.0 Å². The van der Waals surface area contributed by atoms with Gasteiger partial charge >= 0.3 is 0 Å². The molecule has 0 atom stereocenters. The number of hydrogen-bond donors (Lipinski definition) is 0. The van der Waals surface area contributed by atoms with E-state index in [0.717, 1.165) is 49.4 Å². The van der Waals surface area contributed by atoms with Gasteiger partial charge in [-0.3, -0.25) is 0 Å². The number of fused-ring (bicyclic) bond motifs is 2. The monoisotopic (exact) mass is 619 g/mol. The third-order valence-corrected chi connectivity index (χ3v) is 10.6. The van der Waals surface area contributed by atoms with E-state index in [0.29, 0.717) is 13.2 Å². The predicted molar refractivity (Wildman–Crippen MR) is 183 cm³/mol. The minimum Gasteiger partial charge on any atom is -0.497 e. The van der Waals surface area contributed by atoms with Crippen molar-refractivity contribution >= 4 is 44.2 Å². The normalized spacial score (nSPS) is 11.2. The Morgan fingerprint density at radius 3 is 1.41 bits per heavy atom. The van der Waals surface area contributed by atoms with Crippen LogP contribution in [-0.2, 0) is 10.9 Å². The molecule has 0 fully saturated rings. The van der Waals surface area contributed by atoms with Gasteiger partial charge in [0.05, 0.1) is 38.3 Å². The fourth-order valence-corrected chi connectivity index (χ4v) is 8.25. The first kappa shape index (κ1) is 29.8. The van der Waals surface area contributed by atoms with Crippen LogP contribution in [0.1, 0.15) is 13.8 Å². The van der Waals surface area contributed by atoms with Crippen molar-refractivity contribution in [3.8, 4) is 23.0 Å². The molecule has 0 radical (unpaired) electrons. The molecule has 0 aliphatic heterocycles. The van der Waals surface area contributed by atoms with Crippen molar-refractivity contribution in [2.24, 2.45) is 0 Å². The maximum atomic E-state index is 6.25. The van der Waals surface area contributed by atoms with E-state index in [1.807, 2.05) is 38.1 Å². The van der Waals surface area contributed by atoms with Gasteiger partial charge in [-0.2, -0.15) is 0 Å². The molecule has 6 aromatic rings. The Kier molecular flexibility index (Phi) is 9.20. The lowest BCUT2D eigenvalue weighted by atomic mass is 10.0. The standard InChI is InChI=1S/C38H35O4S2/c1-5-41-37-33-9-7-8-10-34(33)38(42-6-2)36-25-29(17-24-35(36)37)43-28-15-22-32(23-16-28)44(30-18-11-26(39-3)12-19-30)31-20-13-27(40-4)14-21-31/h7-25H,5-6H2,1-4H3/q+1. The summed E-state index contributed by atoms with van der Waals surface area (Å²) in [5.74, 6) is 3.51. The second-order valence-electron chi connectivity index (χ2n) is 10.0. The average Bonchev–Trinajstić information content (AvgIpc) is 3.08. The summed E-state index contributed by atoms with van der Waals surface area (Å²) in [5, 5.41) is 4.28. The molecule has 6 aromatic carbocycles. The van der Waals surface area contributed by atoms with Crippen molar-refractivity contribution in [3.05, 3.63) is 115 Å². The zero-order valence-corrected chi connectivity index (χ0v) is 27.0. The van der Waals surface area contributed by atoms with E-state index in [9.17, 15) is 0 Å². The lowest BCUT2D eigenvalue weighted by molar-refractivity contribution is 0.342. The maximum absolute atomic E-state index is 6.25. The van der Waals surface area contributed by atoms with E-state index < -0.39 is 0 Å². The van der Waals surface area contributed by atoms with Gasteiger partial charge < -0.3 is 18.9 Å². The van der Waals surface area contributed by atoms with E-state index >= 15 is 0 Å². The Balaban J connectivity index is 1.35. The van der Waals surface area contributed by atoms with Crippen molar-refractivity contribution in [2.45, 2.75) is 38.3 Å². The molecule has 0 aromatic heterocycles. The molecule has 0 amide bonds. The van der Waals surface area contributed by atoms with Crippen molar-refractivity contribution in [2.75, 3.05) is 27.4 Å². The third-order valence-electron chi connectivity index (χ3n) is 7.36. The SMILES string of the molecule is CCOc1c2ccccc2c(OCC)c2cc(Sc3ccc([S+](c4ccc(OC)cc4)c4ccc(OC)cc4)cc3)ccc12. The van der Waals surface area contributed by atoms with Crippen LogP contribution < -0.4 is 18.9 Å². The molecule has 0 unspecified atom stereocenters. The first-order chi connectivity index (χ1) is 21.6. The Morgan fingerprint density at radius 2 is 0.932 bits per heavy atom. The highest BCUT2D eigenvalue weighted by Crippen LogP contribution is 2.45. The maximum Gasteiger partial charge on any atom is 0.166 e. The molecule has 0 spiro atoms. The van der Waals surface area contributed by atoms with Crippen LogP contribution in [0.15, 0.2) is 140 Å². The lowest BCUT2D eigenvalue weighted by Gasteiger charge is -2.17. The third kappa shape index (κ3) is 6.05. The van der Waals surface area contributed by atoms with Gasteiger partial charge in [-0.1, -0.05) is 36.0 Å². The van der Waals surface area contributed by atoms with Gasteiger partial charge in [-0.15, -0.1) is 0 Å². The van der Waals surface area contributed by atoms with Crippen molar-refractivity contribution in [1.82, 2.24) is 0 Å². The molecule has 4 nitrogen and oxygen atoms in total. The van der Waals surface area contributed by atoms with Crippen LogP contribution >= 0.6 is 11.8 Å². The molecule has 0 saturated heterocycles. The molecule has 0 N–H and O–H groups in total. The van der Waals surface area contributed by atoms with Crippen LogP contribution in [0, 0.1) is 0 Å². The van der Waals surface area contributed by atoms with E-state index in [-0.39, 0.29) is 10.9 Å². The van der Waals surface area contributed by atoms with Crippen molar-refractivity contribution < 1.29 is 18.9 Å². The number of rotatable bonds is 11. The zero-order valence-electron chi connectivity index (χ0n) is 25.3. The summed E-state index contributed by atoms with van der Waals surface area (Å²) < 4.78 is 23.3. The van der Waals surface area contributed by atoms with Crippen LogP contribution in [-0.4, -0.2) is 27.4 Å². The predicted octanol–water partition coefficient (Wildman–Crippen LogP) is 10.1. The summed E-state index contributed by atoms with van der Waals surface area (Å²) >= 11 is 1.75. The molecule has 222 valence electrons. The molecule has 44 heavy (non-hydrogen) atoms. The first-order valence-corrected chi connectivity index (χ1v) is 16.7. The average molecular weight is 620 g/mol. The summed E-state index contributed by atoms with van der Waals surface area (Å²) in [6.45, 7) is 5.25. The largest absolute Gasteiger partial charge is 0.497 e. The summed E-state index contributed by atoms with van der Waals surface area (Å²) in [7, 11) is 3.11. The molecule has 6 rings (SSSR count). The summed E-state index contributed by atoms with van der Waals surface area (Å²) in [5.41, 5.74) is 0. The topological polar surface area (TPSA) is 36.9 Å². The Bertz CT molecular complexity index is 1820. The molecular formula is C38H35O4S2+. The van der Waals surface area contributed by atoms with E-state index in [4.69, 9.17) is 18.9 Å². The van der Waals surface area contributed by atoms with E-state index in [1.165, 1.54) is 19.6 Å². The molecular weight excluding hydrogens is 585 g/mol. The summed E-state index contributed by atoms with van der Waals surface area (Å²) in [6, 6.07) is 40.5. The van der Waals surface area contributed by atoms with Gasteiger partial charge in [0.15, 0.2) is 14.7 Å². The van der Waals surface area contributed by atoms with Crippen LogP contribution in [0.3, 0.4) is 0 Å². The molecule has 0 saturated carbocycles. The number of benzene rings is 6. The Morgan fingerprint density at radius 1 is 0.500 bits per heavy atom. The highest BCUT2D eigenvalue weighted by Gasteiger charge is 2.29. The highest BCUT2D eigenvalue weighted by atomic mass is 32.2. The van der Waals surface area contributed by atoms with Crippen LogP contribution in [0.2, 0.25) is 0 Å². The minimum atomic E-state index is -0.283. The Labute approximate surface area is 266 Å². The van der Waals surface area contributed by atoms with Gasteiger partial charge in [-0.25, -0.2) is 0 Å². The van der Waals surface area contributed by atoms with Crippen LogP contribution in [0.4, 0.5) is 0 Å². The van der Waals surface area contributed by atoms with Gasteiger partial charge in [0.2, 0.25) is 0 Å². The molecule has 0 aliphatic carbocycles. The molecule has 0 heterocycles. The quantitative estimate of drug-likeness (QED) is 0.107. The zero-order chi connectivity index (χ0) is 30.5. The highest BCUT2D eigenvalue weighted by molar-refractivity contribution is 7.99. The number of hydrogen-bond acceptors (Lipinski definition) is 5. The fourth-order valence-electron chi connectivity index (χ4n) is 5.35. The number of methoxy groups -OCH3 is 2. The number of ether oxygens (including phenoxy) is 4. The summed E-state index contributed by atoms with van der Waals surface area (Å²) in [4.78, 5) is 6.02. The second-order valence-corrected chi connectivity index (χ2v) is 13.2. The van der Waals surface area contributed by atoms with Crippen molar-refractivity contribution in [3.63, 3.8) is 0 Å². The van der Waals surface area contributed by atoms with Gasteiger partial charge in [-0.05, 0) is 105 Å². The minimum absolute atomic E-state index is 0.283. The molecule has 0 aliphatic rings. The van der Waals surface area contributed by atoms with E-state index in [2.05, 4.69) is 91.0 Å². The van der Waals surface area contributed by atoms with Crippen LogP contribution in [0.25, 0.3) is 21.5 Å². The second kappa shape index (κ2) is 13.6. The lowest BCUT2D eigenvalue weighted by Crippen LogP contribution is -2.05. The van der Waals surface area contributed by atoms with Gasteiger partial charge in [0, 0.05) is 31.3 Å². The molecule has 0 bridgehead atoms. The first-order valence-electron chi connectivity index (χ1n) is 14.7. The molecule has 6 heteroatoms. The van der Waals surface area contributed by atoms with Gasteiger partial charge in [0.1, 0.15) is 23.0 Å². The fraction of sp³-hybridized carbons (Fsp3) is 0.158.